The van der Waals surface area contributed by atoms with Crippen LogP contribution < -0.4 is 5.32 Å². The van der Waals surface area contributed by atoms with Crippen molar-refractivity contribution in [3.05, 3.63) is 63.0 Å². The lowest BCUT2D eigenvalue weighted by molar-refractivity contribution is 0.620. The molecule has 0 aliphatic rings. The highest BCUT2D eigenvalue weighted by molar-refractivity contribution is 9.10. The third-order valence-corrected chi connectivity index (χ3v) is 4.31. The van der Waals surface area contributed by atoms with Crippen LogP contribution in [0.4, 0.5) is 10.1 Å². The van der Waals surface area contributed by atoms with Gasteiger partial charge in [0.1, 0.15) is 5.82 Å². The first-order chi connectivity index (χ1) is 10.0. The van der Waals surface area contributed by atoms with Crippen LogP contribution in [-0.2, 0) is 6.54 Å². The van der Waals surface area contributed by atoms with Gasteiger partial charge in [-0.25, -0.2) is 4.39 Å². The molecule has 0 aliphatic heterocycles. The number of hydrogen-bond acceptors (Lipinski definition) is 1. The second kappa shape index (κ2) is 5.70. The summed E-state index contributed by atoms with van der Waals surface area (Å²) in [6.07, 6.45) is 1.96. The molecule has 0 fully saturated rings. The fraction of sp³-hybridized carbons (Fsp3) is 0.125. The van der Waals surface area contributed by atoms with E-state index in [9.17, 15) is 4.39 Å². The average molecular weight is 368 g/mol. The van der Waals surface area contributed by atoms with E-state index >= 15 is 0 Å². The molecule has 0 radical (unpaired) electrons. The van der Waals surface area contributed by atoms with E-state index in [1.807, 2.05) is 31.3 Å². The highest BCUT2D eigenvalue weighted by Gasteiger charge is 2.07. The van der Waals surface area contributed by atoms with Crippen molar-refractivity contribution in [2.24, 2.45) is 0 Å². The van der Waals surface area contributed by atoms with E-state index < -0.39 is 0 Å². The van der Waals surface area contributed by atoms with E-state index in [1.165, 1.54) is 6.07 Å². The number of hydrogen-bond donors (Lipinski definition) is 2. The van der Waals surface area contributed by atoms with Crippen LogP contribution in [0.15, 0.2) is 41.0 Å². The van der Waals surface area contributed by atoms with E-state index in [0.29, 0.717) is 16.0 Å². The molecule has 0 atom stereocenters. The van der Waals surface area contributed by atoms with E-state index in [-0.39, 0.29) is 5.82 Å². The second-order valence-corrected chi connectivity index (χ2v) is 6.23. The zero-order valence-electron chi connectivity index (χ0n) is 11.3. The third kappa shape index (κ3) is 2.92. The number of H-pyrrole nitrogens is 1. The Kier molecular flexibility index (Phi) is 3.91. The van der Waals surface area contributed by atoms with Crippen molar-refractivity contribution in [1.82, 2.24) is 4.98 Å². The zero-order valence-corrected chi connectivity index (χ0v) is 13.6. The topological polar surface area (TPSA) is 27.8 Å². The first-order valence-electron chi connectivity index (χ1n) is 6.49. The minimum absolute atomic E-state index is 0.250. The van der Waals surface area contributed by atoms with Gasteiger partial charge in [-0.2, -0.15) is 0 Å². The standard InChI is InChI=1S/C16H13BrClFN2/c1-9-4-14(19)13(17)6-15(9)20-7-10-8-21-16-5-11(18)2-3-12(10)16/h2-6,8,20-21H,7H2,1H3. The Morgan fingerprint density at radius 3 is 2.90 bits per heavy atom. The lowest BCUT2D eigenvalue weighted by atomic mass is 10.1. The number of aromatic nitrogens is 1. The van der Waals surface area contributed by atoms with Crippen LogP contribution in [0, 0.1) is 12.7 Å². The van der Waals surface area contributed by atoms with Gasteiger partial charge in [0.05, 0.1) is 4.47 Å². The molecular formula is C16H13BrClFN2. The number of aromatic amines is 1. The monoisotopic (exact) mass is 366 g/mol. The van der Waals surface area contributed by atoms with Gasteiger partial charge < -0.3 is 10.3 Å². The summed E-state index contributed by atoms with van der Waals surface area (Å²) in [5, 5.41) is 5.18. The summed E-state index contributed by atoms with van der Waals surface area (Å²) in [7, 11) is 0. The van der Waals surface area contributed by atoms with Gasteiger partial charge in [0.25, 0.3) is 0 Å². The van der Waals surface area contributed by atoms with Gasteiger partial charge in [-0.05, 0) is 58.2 Å². The third-order valence-electron chi connectivity index (χ3n) is 3.47. The van der Waals surface area contributed by atoms with Gasteiger partial charge in [0.15, 0.2) is 0 Å². The van der Waals surface area contributed by atoms with Crippen LogP contribution in [0.25, 0.3) is 10.9 Å². The lowest BCUT2D eigenvalue weighted by Gasteiger charge is -2.10. The number of aryl methyl sites for hydroxylation is 1. The largest absolute Gasteiger partial charge is 0.381 e. The summed E-state index contributed by atoms with van der Waals surface area (Å²) in [5.74, 6) is -0.250. The number of benzene rings is 2. The average Bonchev–Trinajstić information content (AvgIpc) is 2.83. The molecule has 3 rings (SSSR count). The van der Waals surface area contributed by atoms with Crippen molar-refractivity contribution < 1.29 is 4.39 Å². The van der Waals surface area contributed by atoms with Crippen molar-refractivity contribution in [3.8, 4) is 0 Å². The molecule has 0 amide bonds. The maximum atomic E-state index is 13.4. The molecular weight excluding hydrogens is 355 g/mol. The Bertz CT molecular complexity index is 813. The Morgan fingerprint density at radius 2 is 2.10 bits per heavy atom. The Labute approximate surface area is 135 Å². The Hall–Kier alpha value is -1.52. The Morgan fingerprint density at radius 1 is 1.29 bits per heavy atom. The van der Waals surface area contributed by atoms with Crippen LogP contribution >= 0.6 is 27.5 Å². The molecule has 0 aliphatic carbocycles. The van der Waals surface area contributed by atoms with E-state index in [2.05, 4.69) is 26.2 Å². The molecule has 1 aromatic heterocycles. The summed E-state index contributed by atoms with van der Waals surface area (Å²) in [4.78, 5) is 3.21. The van der Waals surface area contributed by atoms with Gasteiger partial charge in [-0.3, -0.25) is 0 Å². The summed E-state index contributed by atoms with van der Waals surface area (Å²) in [5.41, 5.74) is 3.93. The fourth-order valence-electron chi connectivity index (χ4n) is 2.33. The van der Waals surface area contributed by atoms with Crippen LogP contribution in [-0.4, -0.2) is 4.98 Å². The SMILES string of the molecule is Cc1cc(F)c(Br)cc1NCc1c[nH]c2cc(Cl)ccc12. The molecule has 0 spiro atoms. The van der Waals surface area contributed by atoms with Crippen molar-refractivity contribution >= 4 is 44.1 Å². The zero-order chi connectivity index (χ0) is 15.0. The molecule has 5 heteroatoms. The molecule has 2 nitrogen and oxygen atoms in total. The molecule has 0 unspecified atom stereocenters. The predicted molar refractivity (Wildman–Crippen MR) is 89.5 cm³/mol. The van der Waals surface area contributed by atoms with Crippen LogP contribution in [0.2, 0.25) is 5.02 Å². The lowest BCUT2D eigenvalue weighted by Crippen LogP contribution is -2.01. The first-order valence-corrected chi connectivity index (χ1v) is 7.67. The fourth-order valence-corrected chi connectivity index (χ4v) is 2.85. The van der Waals surface area contributed by atoms with Crippen molar-refractivity contribution in [3.63, 3.8) is 0 Å². The van der Waals surface area contributed by atoms with Gasteiger partial charge >= 0.3 is 0 Å². The van der Waals surface area contributed by atoms with Crippen molar-refractivity contribution in [1.29, 1.82) is 0 Å². The van der Waals surface area contributed by atoms with E-state index in [4.69, 9.17) is 11.6 Å². The minimum atomic E-state index is -0.250. The van der Waals surface area contributed by atoms with Crippen molar-refractivity contribution in [2.75, 3.05) is 5.32 Å². The molecule has 108 valence electrons. The summed E-state index contributed by atoms with van der Waals surface area (Å²) in [6, 6.07) is 9.05. The van der Waals surface area contributed by atoms with Gasteiger partial charge in [0, 0.05) is 34.4 Å². The quantitative estimate of drug-likeness (QED) is 0.615. The van der Waals surface area contributed by atoms with E-state index in [0.717, 1.165) is 27.7 Å². The summed E-state index contributed by atoms with van der Waals surface area (Å²) < 4.78 is 13.9. The summed E-state index contributed by atoms with van der Waals surface area (Å²) in [6.45, 7) is 2.54. The van der Waals surface area contributed by atoms with Crippen molar-refractivity contribution in [2.45, 2.75) is 13.5 Å². The van der Waals surface area contributed by atoms with E-state index in [1.54, 1.807) is 6.07 Å². The summed E-state index contributed by atoms with van der Waals surface area (Å²) >= 11 is 9.19. The number of anilines is 1. The highest BCUT2D eigenvalue weighted by atomic mass is 79.9. The molecule has 2 aromatic carbocycles. The molecule has 0 saturated heterocycles. The van der Waals surface area contributed by atoms with Gasteiger partial charge in [-0.1, -0.05) is 17.7 Å². The molecule has 21 heavy (non-hydrogen) atoms. The van der Waals surface area contributed by atoms with Gasteiger partial charge in [0.2, 0.25) is 0 Å². The smallest absolute Gasteiger partial charge is 0.137 e. The minimum Gasteiger partial charge on any atom is -0.381 e. The van der Waals surface area contributed by atoms with Crippen LogP contribution in [0.1, 0.15) is 11.1 Å². The van der Waals surface area contributed by atoms with Crippen LogP contribution in [0.3, 0.4) is 0 Å². The molecule has 2 N–H and O–H groups in total. The van der Waals surface area contributed by atoms with Gasteiger partial charge in [-0.15, -0.1) is 0 Å². The normalized spacial score (nSPS) is 11.0. The number of halogens is 3. The molecule has 3 aromatic rings. The number of rotatable bonds is 3. The number of nitrogens with one attached hydrogen (secondary N) is 2. The number of fused-ring (bicyclic) bond motifs is 1. The maximum Gasteiger partial charge on any atom is 0.137 e. The Balaban J connectivity index is 1.85. The van der Waals surface area contributed by atoms with Crippen LogP contribution in [0.5, 0.6) is 0 Å². The maximum absolute atomic E-state index is 13.4. The molecule has 0 bridgehead atoms. The molecule has 1 heterocycles. The molecule has 0 saturated carbocycles. The first kappa shape index (κ1) is 14.4. The second-order valence-electron chi connectivity index (χ2n) is 4.94. The highest BCUT2D eigenvalue weighted by Crippen LogP contribution is 2.26. The predicted octanol–water partition coefficient (Wildman–Crippen LogP) is 5.64.